The molecule has 0 heterocycles. The van der Waals surface area contributed by atoms with E-state index >= 15 is 0 Å². The van der Waals surface area contributed by atoms with Crippen molar-refractivity contribution in [1.29, 1.82) is 0 Å². The van der Waals surface area contributed by atoms with E-state index in [0.29, 0.717) is 13.0 Å². The number of benzene rings is 1. The first-order chi connectivity index (χ1) is 8.91. The molecular weight excluding hydrogens is 275 g/mol. The van der Waals surface area contributed by atoms with Gasteiger partial charge in [-0.25, -0.2) is 4.39 Å². The van der Waals surface area contributed by atoms with Gasteiger partial charge in [0.05, 0.1) is 16.6 Å². The first kappa shape index (κ1) is 15.4. The van der Waals surface area contributed by atoms with Gasteiger partial charge in [-0.1, -0.05) is 0 Å². The fraction of sp³-hybridized carbons (Fsp3) is 0.417. The quantitative estimate of drug-likeness (QED) is 0.379. The summed E-state index contributed by atoms with van der Waals surface area (Å²) < 4.78 is 13.5. The number of halogens is 2. The van der Waals surface area contributed by atoms with E-state index in [1.54, 1.807) is 0 Å². The van der Waals surface area contributed by atoms with Crippen molar-refractivity contribution >= 4 is 23.2 Å². The number of nitrogens with zero attached hydrogens (tertiary/aromatic N) is 1. The fourth-order valence-corrected chi connectivity index (χ4v) is 1.64. The number of carbonyl (C=O) groups is 1. The second kappa shape index (κ2) is 7.04. The molecule has 0 radical (unpaired) electrons. The lowest BCUT2D eigenvalue weighted by atomic mass is 10.1. The van der Waals surface area contributed by atoms with Gasteiger partial charge in [0.25, 0.3) is 11.6 Å². The lowest BCUT2D eigenvalue weighted by Gasteiger charge is -2.06. The van der Waals surface area contributed by atoms with Crippen molar-refractivity contribution in [2.75, 3.05) is 6.54 Å². The van der Waals surface area contributed by atoms with Crippen molar-refractivity contribution in [3.63, 3.8) is 0 Å². The third-order valence-electron chi connectivity index (χ3n) is 2.47. The number of hydrogen-bond donors (Lipinski definition) is 1. The molecule has 1 aromatic rings. The molecule has 0 aromatic heterocycles. The van der Waals surface area contributed by atoms with Gasteiger partial charge in [-0.3, -0.25) is 14.9 Å². The highest BCUT2D eigenvalue weighted by atomic mass is 35.5. The van der Waals surface area contributed by atoms with E-state index in [0.717, 1.165) is 24.6 Å². The van der Waals surface area contributed by atoms with Crippen LogP contribution in [0.5, 0.6) is 0 Å². The van der Waals surface area contributed by atoms with E-state index < -0.39 is 16.6 Å². The van der Waals surface area contributed by atoms with Crippen molar-refractivity contribution in [2.45, 2.75) is 25.1 Å². The fourth-order valence-electron chi connectivity index (χ4n) is 1.48. The van der Waals surface area contributed by atoms with Crippen LogP contribution < -0.4 is 5.32 Å². The summed E-state index contributed by atoms with van der Waals surface area (Å²) in [6, 6.07) is 2.93. The largest absolute Gasteiger partial charge is 0.352 e. The Balaban J connectivity index is 2.60. The molecule has 19 heavy (non-hydrogen) atoms. The number of nitrogens with one attached hydrogen (secondary N) is 1. The maximum Gasteiger partial charge on any atom is 0.272 e. The Morgan fingerprint density at radius 1 is 1.58 bits per heavy atom. The van der Waals surface area contributed by atoms with Crippen molar-refractivity contribution in [2.24, 2.45) is 0 Å². The minimum atomic E-state index is -0.905. The third-order valence-corrected chi connectivity index (χ3v) is 2.69. The Morgan fingerprint density at radius 2 is 2.26 bits per heavy atom. The van der Waals surface area contributed by atoms with E-state index in [4.69, 9.17) is 11.6 Å². The minimum absolute atomic E-state index is 0.0213. The number of nitro benzene ring substituents is 1. The maximum atomic E-state index is 13.5. The summed E-state index contributed by atoms with van der Waals surface area (Å²) in [6.07, 6.45) is 1.43. The number of non-ortho nitro benzene ring substituents is 1. The SMILES string of the molecule is CC(Cl)CCCNC(=O)c1ccc([N+](=O)[O-])cc1F. The lowest BCUT2D eigenvalue weighted by Crippen LogP contribution is -2.25. The molecule has 0 spiro atoms. The van der Waals surface area contributed by atoms with Crippen LogP contribution in [0.3, 0.4) is 0 Å². The molecule has 0 saturated carbocycles. The van der Waals surface area contributed by atoms with E-state index in [9.17, 15) is 19.3 Å². The van der Waals surface area contributed by atoms with Gasteiger partial charge in [-0.15, -0.1) is 11.6 Å². The number of amides is 1. The van der Waals surface area contributed by atoms with Crippen LogP contribution in [0.2, 0.25) is 0 Å². The van der Waals surface area contributed by atoms with Crippen LogP contribution in [0.4, 0.5) is 10.1 Å². The molecular formula is C12H14ClFN2O3. The summed E-state index contributed by atoms with van der Waals surface area (Å²) in [6.45, 7) is 2.23. The molecule has 0 aliphatic rings. The summed E-state index contributed by atoms with van der Waals surface area (Å²) in [5, 5.41) is 13.0. The molecule has 1 N–H and O–H groups in total. The highest BCUT2D eigenvalue weighted by Gasteiger charge is 2.15. The minimum Gasteiger partial charge on any atom is -0.352 e. The summed E-state index contributed by atoms with van der Waals surface area (Å²) >= 11 is 5.75. The van der Waals surface area contributed by atoms with Gasteiger partial charge in [-0.2, -0.15) is 0 Å². The summed E-state index contributed by atoms with van der Waals surface area (Å²) in [5.74, 6) is -1.49. The lowest BCUT2D eigenvalue weighted by molar-refractivity contribution is -0.385. The molecule has 0 fully saturated rings. The van der Waals surface area contributed by atoms with Crippen LogP contribution in [-0.4, -0.2) is 22.8 Å². The zero-order chi connectivity index (χ0) is 14.4. The normalized spacial score (nSPS) is 11.9. The van der Waals surface area contributed by atoms with Gasteiger partial charge in [0, 0.05) is 18.0 Å². The van der Waals surface area contributed by atoms with E-state index in [2.05, 4.69) is 5.32 Å². The van der Waals surface area contributed by atoms with Crippen molar-refractivity contribution < 1.29 is 14.1 Å². The summed E-state index contributed by atoms with van der Waals surface area (Å²) in [4.78, 5) is 21.4. The maximum absolute atomic E-state index is 13.5. The molecule has 1 aromatic carbocycles. The Bertz CT molecular complexity index is 480. The molecule has 5 nitrogen and oxygen atoms in total. The van der Waals surface area contributed by atoms with Gasteiger partial charge in [0.15, 0.2) is 0 Å². The zero-order valence-electron chi connectivity index (χ0n) is 10.4. The summed E-state index contributed by atoms with van der Waals surface area (Å²) in [7, 11) is 0. The van der Waals surface area contributed by atoms with Gasteiger partial charge in [-0.05, 0) is 25.8 Å². The highest BCUT2D eigenvalue weighted by molar-refractivity contribution is 6.20. The average molecular weight is 289 g/mol. The summed E-state index contributed by atoms with van der Waals surface area (Å²) in [5.41, 5.74) is -0.588. The molecule has 1 atom stereocenters. The highest BCUT2D eigenvalue weighted by Crippen LogP contribution is 2.16. The van der Waals surface area contributed by atoms with Crippen LogP contribution in [0.15, 0.2) is 18.2 Å². The molecule has 104 valence electrons. The van der Waals surface area contributed by atoms with Crippen LogP contribution >= 0.6 is 11.6 Å². The number of nitro groups is 1. The molecule has 0 aliphatic carbocycles. The third kappa shape index (κ3) is 4.82. The predicted octanol–water partition coefficient (Wildman–Crippen LogP) is 2.87. The Labute approximate surface area is 114 Å². The monoisotopic (exact) mass is 288 g/mol. The topological polar surface area (TPSA) is 72.2 Å². The molecule has 1 rings (SSSR count). The second-order valence-electron chi connectivity index (χ2n) is 4.10. The van der Waals surface area contributed by atoms with Gasteiger partial charge < -0.3 is 5.32 Å². The number of hydrogen-bond acceptors (Lipinski definition) is 3. The smallest absolute Gasteiger partial charge is 0.272 e. The van der Waals surface area contributed by atoms with Crippen LogP contribution in [-0.2, 0) is 0 Å². The van der Waals surface area contributed by atoms with Crippen LogP contribution in [0, 0.1) is 15.9 Å². The molecule has 1 unspecified atom stereocenters. The number of alkyl halides is 1. The number of carbonyl (C=O) groups excluding carboxylic acids is 1. The molecule has 0 aliphatic heterocycles. The Morgan fingerprint density at radius 3 is 2.79 bits per heavy atom. The molecule has 0 saturated heterocycles. The van der Waals surface area contributed by atoms with Gasteiger partial charge in [0.1, 0.15) is 5.82 Å². The molecule has 0 bridgehead atoms. The second-order valence-corrected chi connectivity index (χ2v) is 4.85. The van der Waals surface area contributed by atoms with E-state index in [-0.39, 0.29) is 16.6 Å². The van der Waals surface area contributed by atoms with E-state index in [1.807, 2.05) is 6.92 Å². The van der Waals surface area contributed by atoms with Crippen molar-refractivity contribution in [3.05, 3.63) is 39.7 Å². The Kier molecular flexibility index (Phi) is 5.69. The van der Waals surface area contributed by atoms with E-state index in [1.165, 1.54) is 0 Å². The first-order valence-electron chi connectivity index (χ1n) is 5.78. The predicted molar refractivity (Wildman–Crippen MR) is 69.9 cm³/mol. The molecule has 7 heteroatoms. The average Bonchev–Trinajstić information content (AvgIpc) is 2.33. The van der Waals surface area contributed by atoms with Gasteiger partial charge >= 0.3 is 0 Å². The van der Waals surface area contributed by atoms with Gasteiger partial charge in [0.2, 0.25) is 0 Å². The number of rotatable bonds is 6. The Hall–Kier alpha value is -1.69. The van der Waals surface area contributed by atoms with Crippen molar-refractivity contribution in [1.82, 2.24) is 5.32 Å². The first-order valence-corrected chi connectivity index (χ1v) is 6.21. The van der Waals surface area contributed by atoms with Crippen LogP contribution in [0.25, 0.3) is 0 Å². The standard InChI is InChI=1S/C12H14ClFN2O3/c1-8(13)3-2-6-15-12(17)10-5-4-9(16(18)19)7-11(10)14/h4-5,7-8H,2-3,6H2,1H3,(H,15,17). The molecule has 1 amide bonds. The van der Waals surface area contributed by atoms with Crippen LogP contribution in [0.1, 0.15) is 30.1 Å². The van der Waals surface area contributed by atoms with Crippen molar-refractivity contribution in [3.8, 4) is 0 Å². The zero-order valence-corrected chi connectivity index (χ0v) is 11.1.